The van der Waals surface area contributed by atoms with Crippen molar-refractivity contribution in [3.05, 3.63) is 35.9 Å². The van der Waals surface area contributed by atoms with Crippen LogP contribution in [0.2, 0.25) is 0 Å². The molecule has 0 radical (unpaired) electrons. The molecule has 1 aromatic rings. The molecule has 5 rings (SSSR count). The van der Waals surface area contributed by atoms with Gasteiger partial charge in [-0.1, -0.05) is 30.3 Å². The Morgan fingerprint density at radius 2 is 1.45 bits per heavy atom. The molecule has 4 fully saturated rings. The van der Waals surface area contributed by atoms with Crippen molar-refractivity contribution in [1.82, 2.24) is 20.9 Å². The third kappa shape index (κ3) is 9.21. The second kappa shape index (κ2) is 13.9. The summed E-state index contributed by atoms with van der Waals surface area (Å²) in [4.78, 5) is 38.4. The molecule has 0 unspecified atom stereocenters. The molecule has 4 aliphatic heterocycles. The fourth-order valence-corrected chi connectivity index (χ4v) is 6.15. The number of carbonyl (C=O) groups excluding carboxylic acids is 3. The summed E-state index contributed by atoms with van der Waals surface area (Å²) >= 11 is 0. The third-order valence-electron chi connectivity index (χ3n) is 8.21. The summed E-state index contributed by atoms with van der Waals surface area (Å²) in [5.41, 5.74) is -1.02. The first kappa shape index (κ1) is 33.8. The first-order chi connectivity index (χ1) is 20.7. The predicted octanol–water partition coefficient (Wildman–Crippen LogP) is 3.83. The topological polar surface area (TPSA) is 137 Å². The number of hydrogen-bond acceptors (Lipinski definition) is 9. The highest BCUT2D eigenvalue weighted by Crippen LogP contribution is 2.35. The van der Waals surface area contributed by atoms with Crippen molar-refractivity contribution in [1.29, 1.82) is 0 Å². The minimum atomic E-state index is -0.633. The van der Waals surface area contributed by atoms with E-state index in [1.54, 1.807) is 4.90 Å². The summed E-state index contributed by atoms with van der Waals surface area (Å²) in [5, 5.41) is 9.30. The number of rotatable bonds is 4. The zero-order valence-electron chi connectivity index (χ0n) is 27.0. The van der Waals surface area contributed by atoms with Gasteiger partial charge in [-0.05, 0) is 59.9 Å². The zero-order chi connectivity index (χ0) is 32.0. The molecule has 4 heterocycles. The molecule has 1 aromatic carbocycles. The molecule has 44 heavy (non-hydrogen) atoms. The van der Waals surface area contributed by atoms with E-state index in [9.17, 15) is 14.4 Å². The first-order valence-electron chi connectivity index (χ1n) is 15.5. The largest absolute Gasteiger partial charge is 0.445 e. The Morgan fingerprint density at radius 3 is 2.07 bits per heavy atom. The molecule has 12 heteroatoms. The normalized spacial score (nSPS) is 28.0. The van der Waals surface area contributed by atoms with Gasteiger partial charge in [-0.15, -0.1) is 0 Å². The average molecular weight is 619 g/mol. The van der Waals surface area contributed by atoms with Gasteiger partial charge in [0.15, 0.2) is 0 Å². The van der Waals surface area contributed by atoms with Crippen LogP contribution in [-0.4, -0.2) is 98.1 Å². The maximum absolute atomic E-state index is 12.5. The summed E-state index contributed by atoms with van der Waals surface area (Å²) in [6.45, 7) is 16.2. The van der Waals surface area contributed by atoms with Gasteiger partial charge in [-0.2, -0.15) is 0 Å². The SMILES string of the molecule is CC(C)(C)OC(=O)N[C@@]12COCC[C@@H]1CN(C(=O)OCc1ccccc1)C2.CC(C)(C)OC(=O)N[C@]12CNC[C@H]1CCOC2. The number of hydrogen-bond donors (Lipinski definition) is 3. The van der Waals surface area contributed by atoms with E-state index in [4.69, 9.17) is 23.7 Å². The average Bonchev–Trinajstić information content (AvgIpc) is 3.52. The minimum absolute atomic E-state index is 0.114. The molecular formula is C32H50N4O8. The molecular weight excluding hydrogens is 568 g/mol. The summed E-state index contributed by atoms with van der Waals surface area (Å²) < 4.78 is 27.3. The highest BCUT2D eigenvalue weighted by Gasteiger charge is 2.52. The standard InChI is InChI=1S/C20H28N2O5.C12H22N2O3/c1-19(2,3)27-17(23)21-20-13-22(11-16(20)9-10-25-14-20)18(24)26-12-15-7-5-4-6-8-15;1-11(2,3)17-10(15)14-12-7-13-6-9(12)4-5-16-8-12/h4-8,16H,9-14H2,1-3H3,(H,21,23);9,13H,4-8H2,1-3H3,(H,14,15)/t16-,20+;9-,12+/m11/s1. The van der Waals surface area contributed by atoms with Crippen molar-refractivity contribution in [2.45, 2.75) is 83.3 Å². The van der Waals surface area contributed by atoms with E-state index in [-0.39, 0.29) is 30.3 Å². The lowest BCUT2D eigenvalue weighted by Gasteiger charge is -2.39. The Bertz CT molecular complexity index is 1140. The maximum atomic E-state index is 12.5. The van der Waals surface area contributed by atoms with Crippen LogP contribution in [0.5, 0.6) is 0 Å². The van der Waals surface area contributed by atoms with Crippen LogP contribution >= 0.6 is 0 Å². The van der Waals surface area contributed by atoms with E-state index in [0.717, 1.165) is 38.1 Å². The molecule has 0 bridgehead atoms. The Morgan fingerprint density at radius 1 is 0.886 bits per heavy atom. The monoisotopic (exact) mass is 618 g/mol. The van der Waals surface area contributed by atoms with Crippen LogP contribution < -0.4 is 16.0 Å². The predicted molar refractivity (Wildman–Crippen MR) is 163 cm³/mol. The number of benzene rings is 1. The minimum Gasteiger partial charge on any atom is -0.445 e. The second-order valence-corrected chi connectivity index (χ2v) is 14.2. The Hall–Kier alpha value is -3.09. The van der Waals surface area contributed by atoms with Crippen molar-refractivity contribution in [2.24, 2.45) is 11.8 Å². The van der Waals surface area contributed by atoms with Gasteiger partial charge in [-0.3, -0.25) is 0 Å². The molecule has 0 saturated carbocycles. The van der Waals surface area contributed by atoms with Crippen LogP contribution in [0, 0.1) is 11.8 Å². The Labute approximate surface area is 260 Å². The number of amides is 3. The van der Waals surface area contributed by atoms with Gasteiger partial charge in [0, 0.05) is 51.2 Å². The fourth-order valence-electron chi connectivity index (χ4n) is 6.15. The number of carbonyl (C=O) groups is 3. The molecule has 0 spiro atoms. The van der Waals surface area contributed by atoms with Gasteiger partial charge >= 0.3 is 18.3 Å². The molecule has 12 nitrogen and oxygen atoms in total. The highest BCUT2D eigenvalue weighted by molar-refractivity contribution is 5.71. The van der Waals surface area contributed by atoms with E-state index in [0.29, 0.717) is 38.8 Å². The smallest absolute Gasteiger partial charge is 0.410 e. The molecule has 4 atom stereocenters. The number of nitrogens with zero attached hydrogens (tertiary/aromatic N) is 1. The number of fused-ring (bicyclic) bond motifs is 2. The van der Waals surface area contributed by atoms with Crippen molar-refractivity contribution in [2.75, 3.05) is 52.6 Å². The molecule has 0 aromatic heterocycles. The molecule has 4 aliphatic rings. The Balaban J connectivity index is 0.000000223. The highest BCUT2D eigenvalue weighted by atomic mass is 16.6. The van der Waals surface area contributed by atoms with E-state index in [1.165, 1.54) is 0 Å². The lowest BCUT2D eigenvalue weighted by atomic mass is 9.84. The summed E-state index contributed by atoms with van der Waals surface area (Å²) in [7, 11) is 0. The van der Waals surface area contributed by atoms with Crippen LogP contribution in [0.1, 0.15) is 59.9 Å². The van der Waals surface area contributed by atoms with E-state index in [1.807, 2.05) is 71.9 Å². The first-order valence-corrected chi connectivity index (χ1v) is 15.5. The Kier molecular flexibility index (Phi) is 10.7. The molecule has 0 aliphatic carbocycles. The van der Waals surface area contributed by atoms with E-state index >= 15 is 0 Å². The van der Waals surface area contributed by atoms with E-state index in [2.05, 4.69) is 16.0 Å². The quantitative estimate of drug-likeness (QED) is 0.430. The molecule has 246 valence electrons. The summed E-state index contributed by atoms with van der Waals surface area (Å²) in [6, 6.07) is 9.56. The van der Waals surface area contributed by atoms with Crippen LogP contribution in [0.25, 0.3) is 0 Å². The van der Waals surface area contributed by atoms with Crippen molar-refractivity contribution in [3.8, 4) is 0 Å². The van der Waals surface area contributed by atoms with Crippen LogP contribution in [-0.2, 0) is 30.3 Å². The fraction of sp³-hybridized carbons (Fsp3) is 0.719. The number of likely N-dealkylation sites (tertiary alicyclic amines) is 1. The van der Waals surface area contributed by atoms with Gasteiger partial charge in [0.25, 0.3) is 0 Å². The van der Waals surface area contributed by atoms with Crippen LogP contribution in [0.3, 0.4) is 0 Å². The molecule has 4 saturated heterocycles. The van der Waals surface area contributed by atoms with Gasteiger partial charge < -0.3 is 44.5 Å². The van der Waals surface area contributed by atoms with Crippen molar-refractivity contribution < 1.29 is 38.1 Å². The second-order valence-electron chi connectivity index (χ2n) is 14.2. The maximum Gasteiger partial charge on any atom is 0.410 e. The summed E-state index contributed by atoms with van der Waals surface area (Å²) in [5.74, 6) is 0.562. The van der Waals surface area contributed by atoms with Crippen molar-refractivity contribution >= 4 is 18.3 Å². The number of ether oxygens (including phenoxy) is 5. The van der Waals surface area contributed by atoms with E-state index < -0.39 is 22.8 Å². The molecule has 3 N–H and O–H groups in total. The van der Waals surface area contributed by atoms with Gasteiger partial charge in [0.1, 0.15) is 17.8 Å². The third-order valence-corrected chi connectivity index (χ3v) is 8.21. The number of alkyl carbamates (subject to hydrolysis) is 2. The van der Waals surface area contributed by atoms with Crippen LogP contribution in [0.4, 0.5) is 14.4 Å². The number of nitrogens with one attached hydrogen (secondary N) is 3. The molecule has 3 amide bonds. The van der Waals surface area contributed by atoms with Crippen molar-refractivity contribution in [3.63, 3.8) is 0 Å². The lowest BCUT2D eigenvalue weighted by molar-refractivity contribution is -0.00969. The zero-order valence-corrected chi connectivity index (χ0v) is 27.0. The summed E-state index contributed by atoms with van der Waals surface area (Å²) in [6.07, 6.45) is 0.550. The van der Waals surface area contributed by atoms with Crippen LogP contribution in [0.15, 0.2) is 30.3 Å². The van der Waals surface area contributed by atoms with Gasteiger partial charge in [0.2, 0.25) is 0 Å². The van der Waals surface area contributed by atoms with Gasteiger partial charge in [0.05, 0.1) is 24.3 Å². The van der Waals surface area contributed by atoms with Gasteiger partial charge in [-0.25, -0.2) is 14.4 Å². The lowest BCUT2D eigenvalue weighted by Crippen LogP contribution is -2.60.